The van der Waals surface area contributed by atoms with Crippen molar-refractivity contribution in [1.29, 1.82) is 0 Å². The largest absolute Gasteiger partial charge is 0.756 e. The molecule has 368 valence electrons. The number of esters is 2. The van der Waals surface area contributed by atoms with Gasteiger partial charge in [0.2, 0.25) is 0 Å². The predicted molar refractivity (Wildman–Crippen MR) is 259 cm³/mol. The van der Waals surface area contributed by atoms with Crippen molar-refractivity contribution in [2.75, 3.05) is 47.5 Å². The van der Waals surface area contributed by atoms with Crippen LogP contribution in [0.15, 0.2) is 12.2 Å². The lowest BCUT2D eigenvalue weighted by Gasteiger charge is -2.28. The molecule has 0 aromatic rings. The lowest BCUT2D eigenvalue weighted by molar-refractivity contribution is -0.870. The number of unbranched alkanes of at least 4 members (excludes halogenated alkanes) is 33. The molecule has 10 heteroatoms. The highest BCUT2D eigenvalue weighted by Crippen LogP contribution is 2.38. The second kappa shape index (κ2) is 44.9. The van der Waals surface area contributed by atoms with E-state index in [-0.39, 0.29) is 32.0 Å². The van der Waals surface area contributed by atoms with Gasteiger partial charge in [-0.2, -0.15) is 0 Å². The van der Waals surface area contributed by atoms with Crippen LogP contribution in [0.4, 0.5) is 0 Å². The number of nitrogens with zero attached hydrogens (tertiary/aromatic N) is 1. The first-order valence-corrected chi connectivity index (χ1v) is 27.9. The number of quaternary nitrogens is 1. The topological polar surface area (TPSA) is 111 Å². The molecule has 62 heavy (non-hydrogen) atoms. The summed E-state index contributed by atoms with van der Waals surface area (Å²) in [5.74, 6) is -0.820. The Labute approximate surface area is 384 Å². The van der Waals surface area contributed by atoms with Crippen LogP contribution >= 0.6 is 7.82 Å². The average Bonchev–Trinajstić information content (AvgIpc) is 3.23. The summed E-state index contributed by atoms with van der Waals surface area (Å²) in [6.07, 6.45) is 49.5. The van der Waals surface area contributed by atoms with Gasteiger partial charge in [0.05, 0.1) is 27.7 Å². The van der Waals surface area contributed by atoms with Gasteiger partial charge in [0.25, 0.3) is 7.82 Å². The van der Waals surface area contributed by atoms with Crippen LogP contribution in [0.2, 0.25) is 0 Å². The van der Waals surface area contributed by atoms with Crippen LogP contribution in [0.25, 0.3) is 0 Å². The van der Waals surface area contributed by atoms with E-state index in [9.17, 15) is 19.0 Å². The summed E-state index contributed by atoms with van der Waals surface area (Å²) in [6.45, 7) is 4.28. The Kier molecular flexibility index (Phi) is 44.0. The van der Waals surface area contributed by atoms with Crippen molar-refractivity contribution in [2.24, 2.45) is 0 Å². The molecule has 0 fully saturated rings. The molecule has 9 nitrogen and oxygen atoms in total. The van der Waals surface area contributed by atoms with Crippen LogP contribution in [-0.2, 0) is 32.7 Å². The number of hydrogen-bond donors (Lipinski definition) is 0. The van der Waals surface area contributed by atoms with E-state index in [4.69, 9.17) is 18.5 Å². The molecule has 0 aromatic heterocycles. The van der Waals surface area contributed by atoms with Crippen molar-refractivity contribution < 1.29 is 42.1 Å². The summed E-state index contributed by atoms with van der Waals surface area (Å²) in [7, 11) is 1.18. The number of phosphoric ester groups is 1. The second-order valence-corrected chi connectivity index (χ2v) is 20.7. The van der Waals surface area contributed by atoms with Gasteiger partial charge in [0, 0.05) is 12.8 Å². The summed E-state index contributed by atoms with van der Waals surface area (Å²) in [4.78, 5) is 37.7. The van der Waals surface area contributed by atoms with Gasteiger partial charge in [-0.05, 0) is 38.5 Å². The molecule has 0 spiro atoms. The fraction of sp³-hybridized carbons (Fsp3) is 0.923. The number of ether oxygens (including phenoxy) is 2. The minimum Gasteiger partial charge on any atom is -0.756 e. The minimum absolute atomic E-state index is 0.0276. The second-order valence-electron chi connectivity index (χ2n) is 19.2. The number of likely N-dealkylation sites (N-methyl/N-ethyl adjacent to an activating group) is 1. The third-order valence-corrected chi connectivity index (χ3v) is 12.7. The summed E-state index contributed by atoms with van der Waals surface area (Å²) in [5.41, 5.74) is 0. The summed E-state index contributed by atoms with van der Waals surface area (Å²) in [5, 5.41) is 0. The first-order chi connectivity index (χ1) is 30.0. The Morgan fingerprint density at radius 3 is 1.19 bits per heavy atom. The van der Waals surface area contributed by atoms with Crippen molar-refractivity contribution in [3.8, 4) is 0 Å². The number of hydrogen-bond acceptors (Lipinski definition) is 8. The fourth-order valence-electron chi connectivity index (χ4n) is 7.65. The molecule has 0 bridgehead atoms. The maximum absolute atomic E-state index is 12.7. The number of allylic oxidation sites excluding steroid dienone is 2. The van der Waals surface area contributed by atoms with Crippen molar-refractivity contribution in [3.05, 3.63) is 12.2 Å². The van der Waals surface area contributed by atoms with Crippen LogP contribution in [0, 0.1) is 0 Å². The Balaban J connectivity index is 4.20. The van der Waals surface area contributed by atoms with Gasteiger partial charge in [0.1, 0.15) is 19.8 Å². The lowest BCUT2D eigenvalue weighted by atomic mass is 10.0. The van der Waals surface area contributed by atoms with Crippen molar-refractivity contribution >= 4 is 19.8 Å². The van der Waals surface area contributed by atoms with Crippen LogP contribution in [0.3, 0.4) is 0 Å². The Hall–Kier alpha value is -1.25. The summed E-state index contributed by atoms with van der Waals surface area (Å²) < 4.78 is 34.1. The molecule has 0 rings (SSSR count). The first-order valence-electron chi connectivity index (χ1n) is 26.4. The standard InChI is InChI=1S/C52H102NO8P/c1-6-8-10-12-14-16-18-20-22-24-26-28-30-32-34-36-38-40-42-44-51(54)58-48-50(49-60-62(56,57)59-47-46-53(3,4)5)61-52(55)45-43-41-39-37-35-33-31-29-27-25-23-21-19-17-15-13-11-9-7-2/h21,23,50H,6-20,22,24-49H2,1-5H3/b23-21+/t50-/m1/s1. The third-order valence-electron chi connectivity index (χ3n) is 11.8. The van der Waals surface area contributed by atoms with Gasteiger partial charge in [-0.25, -0.2) is 0 Å². The molecular weight excluding hydrogens is 798 g/mol. The molecule has 0 saturated carbocycles. The zero-order valence-electron chi connectivity index (χ0n) is 41.6. The average molecular weight is 900 g/mol. The molecule has 0 aliphatic heterocycles. The van der Waals surface area contributed by atoms with Crippen molar-refractivity contribution in [2.45, 2.75) is 264 Å². The first kappa shape index (κ1) is 60.8. The molecule has 0 radical (unpaired) electrons. The number of phosphoric acid groups is 1. The molecule has 0 aliphatic rings. The molecular formula is C52H102NO8P. The smallest absolute Gasteiger partial charge is 0.306 e. The van der Waals surface area contributed by atoms with E-state index in [1.54, 1.807) is 0 Å². The van der Waals surface area contributed by atoms with Gasteiger partial charge in [-0.3, -0.25) is 14.2 Å². The van der Waals surface area contributed by atoms with Gasteiger partial charge in [-0.15, -0.1) is 0 Å². The highest BCUT2D eigenvalue weighted by molar-refractivity contribution is 7.45. The van der Waals surface area contributed by atoms with E-state index < -0.39 is 26.5 Å². The predicted octanol–water partition coefficient (Wildman–Crippen LogP) is 15.1. The Morgan fingerprint density at radius 1 is 0.484 bits per heavy atom. The molecule has 0 heterocycles. The van der Waals surface area contributed by atoms with E-state index in [1.807, 2.05) is 21.1 Å². The summed E-state index contributed by atoms with van der Waals surface area (Å²) >= 11 is 0. The monoisotopic (exact) mass is 900 g/mol. The number of carbonyl (C=O) groups is 2. The zero-order valence-corrected chi connectivity index (χ0v) is 42.5. The van der Waals surface area contributed by atoms with Crippen LogP contribution in [0.5, 0.6) is 0 Å². The Morgan fingerprint density at radius 2 is 0.823 bits per heavy atom. The molecule has 0 N–H and O–H groups in total. The SMILES string of the molecule is CCCCCCCC/C=C/CCCCCCCCCCCC(=O)O[C@H](COC(=O)CCCCCCCCCCCCCCCCCCCCC)COP(=O)([O-])OCC[N+](C)(C)C. The van der Waals surface area contributed by atoms with E-state index in [0.29, 0.717) is 17.4 Å². The maximum Gasteiger partial charge on any atom is 0.306 e. The van der Waals surface area contributed by atoms with Crippen LogP contribution < -0.4 is 4.89 Å². The number of carbonyl (C=O) groups excluding carboxylic acids is 2. The Bertz CT molecular complexity index is 1060. The quantitative estimate of drug-likeness (QED) is 0.0195. The van der Waals surface area contributed by atoms with Gasteiger partial charge >= 0.3 is 11.9 Å². The fourth-order valence-corrected chi connectivity index (χ4v) is 8.38. The van der Waals surface area contributed by atoms with Crippen LogP contribution in [0.1, 0.15) is 258 Å². The van der Waals surface area contributed by atoms with E-state index in [1.165, 1.54) is 186 Å². The number of rotatable bonds is 49. The van der Waals surface area contributed by atoms with Gasteiger partial charge < -0.3 is 27.9 Å². The van der Waals surface area contributed by atoms with Crippen LogP contribution in [-0.4, -0.2) is 70.0 Å². The maximum atomic E-state index is 12.7. The molecule has 0 amide bonds. The molecule has 0 aliphatic carbocycles. The van der Waals surface area contributed by atoms with E-state index in [0.717, 1.165) is 38.5 Å². The van der Waals surface area contributed by atoms with Crippen molar-refractivity contribution in [1.82, 2.24) is 0 Å². The lowest BCUT2D eigenvalue weighted by Crippen LogP contribution is -2.37. The van der Waals surface area contributed by atoms with Gasteiger partial charge in [-0.1, -0.05) is 219 Å². The highest BCUT2D eigenvalue weighted by atomic mass is 31.2. The zero-order chi connectivity index (χ0) is 45.7. The minimum atomic E-state index is -4.63. The van der Waals surface area contributed by atoms with Crippen molar-refractivity contribution in [3.63, 3.8) is 0 Å². The molecule has 0 aromatic carbocycles. The van der Waals surface area contributed by atoms with E-state index in [2.05, 4.69) is 26.0 Å². The normalized spacial score (nSPS) is 13.5. The highest BCUT2D eigenvalue weighted by Gasteiger charge is 2.21. The van der Waals surface area contributed by atoms with E-state index >= 15 is 0 Å². The molecule has 2 atom stereocenters. The molecule has 0 saturated heterocycles. The molecule has 1 unspecified atom stereocenters. The van der Waals surface area contributed by atoms with Gasteiger partial charge in [0.15, 0.2) is 6.10 Å². The third kappa shape index (κ3) is 48.2. The summed E-state index contributed by atoms with van der Waals surface area (Å²) in [6, 6.07) is 0.